The molecule has 26 heavy (non-hydrogen) atoms. The molecule has 2 aromatic carbocycles. The van der Waals surface area contributed by atoms with Crippen LogP contribution in [-0.2, 0) is 11.2 Å². The SMILES string of the molecule is COc1ccc(C(C)=O)cc1CC(=O)N(C)CCOc1ccccc1F. The molecule has 0 atom stereocenters. The highest BCUT2D eigenvalue weighted by molar-refractivity contribution is 5.94. The number of carbonyl (C=O) groups is 2. The predicted octanol–water partition coefficient (Wildman–Crippen LogP) is 3.12. The van der Waals surface area contributed by atoms with Crippen LogP contribution in [0.3, 0.4) is 0 Å². The number of hydrogen-bond acceptors (Lipinski definition) is 4. The van der Waals surface area contributed by atoms with Crippen molar-refractivity contribution >= 4 is 11.7 Å². The maximum Gasteiger partial charge on any atom is 0.226 e. The van der Waals surface area contributed by atoms with Crippen LogP contribution in [0.4, 0.5) is 4.39 Å². The lowest BCUT2D eigenvalue weighted by Gasteiger charge is -2.18. The number of Topliss-reactive ketones (excluding diaryl/α,β-unsaturated/α-hetero) is 1. The van der Waals surface area contributed by atoms with Gasteiger partial charge in [-0.3, -0.25) is 9.59 Å². The fraction of sp³-hybridized carbons (Fsp3) is 0.300. The molecule has 1 amide bonds. The number of methoxy groups -OCH3 is 1. The molecule has 6 heteroatoms. The fourth-order valence-electron chi connectivity index (χ4n) is 2.41. The summed E-state index contributed by atoms with van der Waals surface area (Å²) in [6.45, 7) is 1.95. The van der Waals surface area contributed by atoms with Gasteiger partial charge in [-0.2, -0.15) is 0 Å². The van der Waals surface area contributed by atoms with Crippen LogP contribution in [0.25, 0.3) is 0 Å². The van der Waals surface area contributed by atoms with Crippen LogP contribution in [-0.4, -0.2) is 43.9 Å². The Labute approximate surface area is 152 Å². The second kappa shape index (κ2) is 8.99. The summed E-state index contributed by atoms with van der Waals surface area (Å²) < 4.78 is 24.1. The van der Waals surface area contributed by atoms with Crippen molar-refractivity contribution in [3.05, 3.63) is 59.4 Å². The van der Waals surface area contributed by atoms with Gasteiger partial charge in [-0.05, 0) is 37.3 Å². The molecule has 0 fully saturated rings. The van der Waals surface area contributed by atoms with E-state index in [-0.39, 0.29) is 30.5 Å². The molecule has 0 saturated heterocycles. The zero-order valence-corrected chi connectivity index (χ0v) is 15.1. The van der Waals surface area contributed by atoms with Gasteiger partial charge < -0.3 is 14.4 Å². The first-order valence-electron chi connectivity index (χ1n) is 8.21. The third-order valence-corrected chi connectivity index (χ3v) is 3.98. The molecule has 2 rings (SSSR count). The van der Waals surface area contributed by atoms with Crippen LogP contribution >= 0.6 is 0 Å². The molecule has 0 aliphatic rings. The van der Waals surface area contributed by atoms with Gasteiger partial charge in [-0.25, -0.2) is 4.39 Å². The molecule has 0 spiro atoms. The maximum absolute atomic E-state index is 13.5. The molecular formula is C20H22FNO4. The van der Waals surface area contributed by atoms with Crippen LogP contribution in [0.5, 0.6) is 11.5 Å². The van der Waals surface area contributed by atoms with Crippen LogP contribution in [0.1, 0.15) is 22.8 Å². The monoisotopic (exact) mass is 359 g/mol. The number of ether oxygens (including phenoxy) is 2. The van der Waals surface area contributed by atoms with E-state index in [2.05, 4.69) is 0 Å². The number of benzene rings is 2. The summed E-state index contributed by atoms with van der Waals surface area (Å²) in [6, 6.07) is 11.1. The number of halogens is 1. The molecule has 0 heterocycles. The Balaban J connectivity index is 1.95. The van der Waals surface area contributed by atoms with Crippen molar-refractivity contribution in [2.75, 3.05) is 27.3 Å². The highest BCUT2D eigenvalue weighted by Gasteiger charge is 2.15. The van der Waals surface area contributed by atoms with E-state index in [1.54, 1.807) is 37.4 Å². The quantitative estimate of drug-likeness (QED) is 0.680. The zero-order chi connectivity index (χ0) is 19.1. The van der Waals surface area contributed by atoms with E-state index in [1.807, 2.05) is 0 Å². The van der Waals surface area contributed by atoms with Crippen molar-refractivity contribution in [2.45, 2.75) is 13.3 Å². The summed E-state index contributed by atoms with van der Waals surface area (Å²) >= 11 is 0. The first-order chi connectivity index (χ1) is 12.4. The van der Waals surface area contributed by atoms with Crippen molar-refractivity contribution in [2.24, 2.45) is 0 Å². The standard InChI is InChI=1S/C20H22FNO4/c1-14(23)15-8-9-18(25-3)16(12-15)13-20(24)22(2)10-11-26-19-7-5-4-6-17(19)21/h4-9,12H,10-11,13H2,1-3H3. The maximum atomic E-state index is 13.5. The lowest BCUT2D eigenvalue weighted by Crippen LogP contribution is -2.32. The average Bonchev–Trinajstić information content (AvgIpc) is 2.63. The number of ketones is 1. The molecule has 0 bridgehead atoms. The van der Waals surface area contributed by atoms with Crippen LogP contribution in [0.2, 0.25) is 0 Å². The zero-order valence-electron chi connectivity index (χ0n) is 15.1. The summed E-state index contributed by atoms with van der Waals surface area (Å²) in [5, 5.41) is 0. The Bertz CT molecular complexity index is 791. The summed E-state index contributed by atoms with van der Waals surface area (Å²) in [5.74, 6) is 0.0462. The van der Waals surface area contributed by atoms with Gasteiger partial charge >= 0.3 is 0 Å². The molecule has 0 saturated carbocycles. The largest absolute Gasteiger partial charge is 0.496 e. The van der Waals surface area contributed by atoms with Gasteiger partial charge in [0.2, 0.25) is 5.91 Å². The van der Waals surface area contributed by atoms with Crippen molar-refractivity contribution in [1.82, 2.24) is 4.90 Å². The predicted molar refractivity (Wildman–Crippen MR) is 96.2 cm³/mol. The molecule has 0 aliphatic carbocycles. The summed E-state index contributed by atoms with van der Waals surface area (Å²) in [5.41, 5.74) is 1.17. The Morgan fingerprint density at radius 3 is 2.50 bits per heavy atom. The molecule has 0 aromatic heterocycles. The Morgan fingerprint density at radius 2 is 1.85 bits per heavy atom. The van der Waals surface area contributed by atoms with E-state index in [9.17, 15) is 14.0 Å². The van der Waals surface area contributed by atoms with Crippen LogP contribution < -0.4 is 9.47 Å². The van der Waals surface area contributed by atoms with Gasteiger partial charge in [0.1, 0.15) is 12.4 Å². The molecule has 0 unspecified atom stereocenters. The summed E-state index contributed by atoms with van der Waals surface area (Å²) in [6.07, 6.45) is 0.0977. The summed E-state index contributed by atoms with van der Waals surface area (Å²) in [7, 11) is 3.16. The van der Waals surface area contributed by atoms with E-state index in [4.69, 9.17) is 9.47 Å². The normalized spacial score (nSPS) is 10.3. The van der Waals surface area contributed by atoms with Gasteiger partial charge in [-0.15, -0.1) is 0 Å². The smallest absolute Gasteiger partial charge is 0.226 e. The third kappa shape index (κ3) is 5.05. The average molecular weight is 359 g/mol. The van der Waals surface area contributed by atoms with Crippen LogP contribution in [0.15, 0.2) is 42.5 Å². The number of rotatable bonds is 8. The first kappa shape index (κ1) is 19.4. The molecule has 2 aromatic rings. The number of amides is 1. The Morgan fingerprint density at radius 1 is 1.12 bits per heavy atom. The van der Waals surface area contributed by atoms with Crippen molar-refractivity contribution in [3.8, 4) is 11.5 Å². The van der Waals surface area contributed by atoms with Crippen molar-refractivity contribution < 1.29 is 23.5 Å². The molecular weight excluding hydrogens is 337 g/mol. The fourth-order valence-corrected chi connectivity index (χ4v) is 2.41. The van der Waals surface area contributed by atoms with Gasteiger partial charge in [0, 0.05) is 18.2 Å². The Hall–Kier alpha value is -2.89. The number of carbonyl (C=O) groups excluding carboxylic acids is 2. The molecule has 5 nitrogen and oxygen atoms in total. The molecule has 0 N–H and O–H groups in total. The first-order valence-corrected chi connectivity index (χ1v) is 8.21. The van der Waals surface area contributed by atoms with Gasteiger partial charge in [-0.1, -0.05) is 12.1 Å². The van der Waals surface area contributed by atoms with E-state index in [1.165, 1.54) is 31.1 Å². The van der Waals surface area contributed by atoms with Crippen molar-refractivity contribution in [3.63, 3.8) is 0 Å². The van der Waals surface area contributed by atoms with E-state index in [0.717, 1.165) is 0 Å². The number of para-hydroxylation sites is 1. The lowest BCUT2D eigenvalue weighted by atomic mass is 10.0. The van der Waals surface area contributed by atoms with E-state index < -0.39 is 5.82 Å². The molecule has 138 valence electrons. The van der Waals surface area contributed by atoms with Gasteiger partial charge in [0.25, 0.3) is 0 Å². The van der Waals surface area contributed by atoms with E-state index in [0.29, 0.717) is 23.4 Å². The van der Waals surface area contributed by atoms with Crippen LogP contribution in [0, 0.1) is 5.82 Å². The lowest BCUT2D eigenvalue weighted by molar-refractivity contribution is -0.129. The minimum absolute atomic E-state index is 0.0759. The second-order valence-corrected chi connectivity index (χ2v) is 5.85. The van der Waals surface area contributed by atoms with E-state index >= 15 is 0 Å². The topological polar surface area (TPSA) is 55.8 Å². The second-order valence-electron chi connectivity index (χ2n) is 5.85. The number of nitrogens with zero attached hydrogens (tertiary/aromatic N) is 1. The Kier molecular flexibility index (Phi) is 6.72. The minimum atomic E-state index is -0.438. The highest BCUT2D eigenvalue weighted by Crippen LogP contribution is 2.21. The third-order valence-electron chi connectivity index (χ3n) is 3.98. The highest BCUT2D eigenvalue weighted by atomic mass is 19.1. The van der Waals surface area contributed by atoms with Crippen molar-refractivity contribution in [1.29, 1.82) is 0 Å². The molecule has 0 aliphatic heterocycles. The summed E-state index contributed by atoms with van der Waals surface area (Å²) in [4.78, 5) is 25.5. The molecule has 0 radical (unpaired) electrons. The minimum Gasteiger partial charge on any atom is -0.496 e. The number of likely N-dealkylation sites (N-methyl/N-ethyl adjacent to an activating group) is 1. The number of hydrogen-bond donors (Lipinski definition) is 0. The van der Waals surface area contributed by atoms with Gasteiger partial charge in [0.05, 0.1) is 20.1 Å². The van der Waals surface area contributed by atoms with Gasteiger partial charge in [0.15, 0.2) is 17.3 Å².